The van der Waals surface area contributed by atoms with Crippen molar-refractivity contribution in [3.63, 3.8) is 0 Å². The van der Waals surface area contributed by atoms with Crippen LogP contribution in [0.15, 0.2) is 60.7 Å². The first-order valence-electron chi connectivity index (χ1n) is 5.73. The van der Waals surface area contributed by atoms with Crippen molar-refractivity contribution >= 4 is 23.5 Å². The van der Waals surface area contributed by atoms with Gasteiger partial charge in [0.2, 0.25) is 0 Å². The summed E-state index contributed by atoms with van der Waals surface area (Å²) in [6, 6.07) is 16.8. The number of benzene rings is 2. The van der Waals surface area contributed by atoms with Gasteiger partial charge in [0.1, 0.15) is 0 Å². The normalized spacial score (nSPS) is 10.7. The van der Waals surface area contributed by atoms with Crippen LogP contribution in [0.2, 0.25) is 0 Å². The van der Waals surface area contributed by atoms with E-state index in [1.807, 2.05) is 66.7 Å². The summed E-state index contributed by atoms with van der Waals surface area (Å²) < 4.78 is 0. The van der Waals surface area contributed by atoms with Gasteiger partial charge < -0.3 is 0 Å². The quantitative estimate of drug-likeness (QED) is 0.593. The fraction of sp³-hybridized carbons (Fsp3) is 0.0625. The summed E-state index contributed by atoms with van der Waals surface area (Å²) in [7, 11) is 0. The van der Waals surface area contributed by atoms with Crippen LogP contribution in [-0.4, -0.2) is 11.7 Å². The van der Waals surface area contributed by atoms with Gasteiger partial charge in [-0.2, -0.15) is 0 Å². The lowest BCUT2D eigenvalue weighted by Gasteiger charge is -2.01. The van der Waals surface area contributed by atoms with Crippen molar-refractivity contribution in [1.29, 1.82) is 0 Å². The van der Waals surface area contributed by atoms with E-state index in [4.69, 9.17) is 11.6 Å². The SMILES string of the molecule is O=C(c1ccccc1)c1ccc(C=CCCl)cc1. The molecule has 1 nitrogen and oxygen atoms in total. The Labute approximate surface area is 112 Å². The summed E-state index contributed by atoms with van der Waals surface area (Å²) in [6.07, 6.45) is 3.80. The van der Waals surface area contributed by atoms with Crippen LogP contribution in [-0.2, 0) is 0 Å². The topological polar surface area (TPSA) is 17.1 Å². The van der Waals surface area contributed by atoms with E-state index in [-0.39, 0.29) is 5.78 Å². The van der Waals surface area contributed by atoms with Crippen molar-refractivity contribution in [2.24, 2.45) is 0 Å². The van der Waals surface area contributed by atoms with E-state index < -0.39 is 0 Å². The summed E-state index contributed by atoms with van der Waals surface area (Å²) >= 11 is 5.57. The fourth-order valence-electron chi connectivity index (χ4n) is 1.68. The average molecular weight is 257 g/mol. The summed E-state index contributed by atoms with van der Waals surface area (Å²) in [6.45, 7) is 0. The number of alkyl halides is 1. The Morgan fingerprint density at radius 1 is 0.944 bits per heavy atom. The zero-order chi connectivity index (χ0) is 12.8. The molecule has 2 heteroatoms. The first kappa shape index (κ1) is 12.6. The molecular weight excluding hydrogens is 244 g/mol. The molecule has 0 amide bonds. The van der Waals surface area contributed by atoms with Gasteiger partial charge in [-0.1, -0.05) is 66.7 Å². The first-order valence-corrected chi connectivity index (χ1v) is 6.27. The summed E-state index contributed by atoms with van der Waals surface area (Å²) in [4.78, 5) is 12.1. The molecule has 0 N–H and O–H groups in total. The standard InChI is InChI=1S/C16H13ClO/c17-12-4-5-13-8-10-15(11-9-13)16(18)14-6-2-1-3-7-14/h1-11H,12H2. The third kappa shape index (κ3) is 3.08. The molecule has 2 rings (SSSR count). The molecule has 0 atom stereocenters. The lowest BCUT2D eigenvalue weighted by molar-refractivity contribution is 0.103. The van der Waals surface area contributed by atoms with Gasteiger partial charge in [0.25, 0.3) is 0 Å². The second-order valence-corrected chi connectivity index (χ2v) is 4.18. The van der Waals surface area contributed by atoms with Crippen LogP contribution in [0.25, 0.3) is 6.08 Å². The van der Waals surface area contributed by atoms with Crippen molar-refractivity contribution < 1.29 is 4.79 Å². The number of allylic oxidation sites excluding steroid dienone is 1. The number of carbonyl (C=O) groups excluding carboxylic acids is 1. The molecule has 0 aliphatic heterocycles. The van der Waals surface area contributed by atoms with Gasteiger partial charge in [-0.15, -0.1) is 11.6 Å². The van der Waals surface area contributed by atoms with E-state index in [0.717, 1.165) is 5.56 Å². The number of hydrogen-bond donors (Lipinski definition) is 0. The molecule has 0 radical (unpaired) electrons. The molecule has 0 heterocycles. The van der Waals surface area contributed by atoms with Gasteiger partial charge >= 0.3 is 0 Å². The van der Waals surface area contributed by atoms with Gasteiger partial charge in [0.05, 0.1) is 0 Å². The maximum atomic E-state index is 12.1. The zero-order valence-electron chi connectivity index (χ0n) is 9.84. The van der Waals surface area contributed by atoms with Crippen LogP contribution in [0, 0.1) is 0 Å². The Balaban J connectivity index is 2.20. The predicted molar refractivity (Wildman–Crippen MR) is 76.1 cm³/mol. The molecule has 2 aromatic rings. The third-order valence-electron chi connectivity index (χ3n) is 2.61. The Morgan fingerprint density at radius 3 is 2.17 bits per heavy atom. The summed E-state index contributed by atoms with van der Waals surface area (Å²) in [5, 5.41) is 0. The molecule has 0 unspecified atom stereocenters. The Hall–Kier alpha value is -1.86. The van der Waals surface area contributed by atoms with Crippen LogP contribution in [0.1, 0.15) is 21.5 Å². The van der Waals surface area contributed by atoms with Crippen molar-refractivity contribution in [1.82, 2.24) is 0 Å². The molecule has 0 fully saturated rings. The predicted octanol–water partition coefficient (Wildman–Crippen LogP) is 4.17. The van der Waals surface area contributed by atoms with Crippen LogP contribution in [0.5, 0.6) is 0 Å². The molecule has 0 saturated carbocycles. The number of rotatable bonds is 4. The molecule has 0 bridgehead atoms. The first-order chi connectivity index (χ1) is 8.81. The van der Waals surface area contributed by atoms with Crippen molar-refractivity contribution in [2.45, 2.75) is 0 Å². The van der Waals surface area contributed by atoms with E-state index in [1.165, 1.54) is 0 Å². The minimum atomic E-state index is 0.0449. The van der Waals surface area contributed by atoms with Crippen LogP contribution in [0.3, 0.4) is 0 Å². The van der Waals surface area contributed by atoms with E-state index in [9.17, 15) is 4.79 Å². The minimum absolute atomic E-state index is 0.0449. The molecule has 0 aliphatic carbocycles. The lowest BCUT2D eigenvalue weighted by atomic mass is 10.0. The number of carbonyl (C=O) groups is 1. The Kier molecular flexibility index (Phi) is 4.32. The van der Waals surface area contributed by atoms with Crippen LogP contribution >= 0.6 is 11.6 Å². The van der Waals surface area contributed by atoms with Crippen molar-refractivity contribution in [3.8, 4) is 0 Å². The van der Waals surface area contributed by atoms with Gasteiger partial charge in [-0.25, -0.2) is 0 Å². The largest absolute Gasteiger partial charge is 0.289 e. The maximum absolute atomic E-state index is 12.1. The Bertz CT molecular complexity index is 541. The highest BCUT2D eigenvalue weighted by atomic mass is 35.5. The third-order valence-corrected chi connectivity index (χ3v) is 2.79. The number of halogens is 1. The molecule has 2 aromatic carbocycles. The highest BCUT2D eigenvalue weighted by molar-refractivity contribution is 6.19. The van der Waals surface area contributed by atoms with E-state index in [2.05, 4.69) is 0 Å². The van der Waals surface area contributed by atoms with E-state index in [1.54, 1.807) is 0 Å². The average Bonchev–Trinajstić information content (AvgIpc) is 2.46. The molecule has 0 aromatic heterocycles. The second kappa shape index (κ2) is 6.18. The van der Waals surface area contributed by atoms with E-state index >= 15 is 0 Å². The molecule has 0 aliphatic rings. The highest BCUT2D eigenvalue weighted by Crippen LogP contribution is 2.11. The van der Waals surface area contributed by atoms with Crippen molar-refractivity contribution in [3.05, 3.63) is 77.4 Å². The molecule has 18 heavy (non-hydrogen) atoms. The Morgan fingerprint density at radius 2 is 1.56 bits per heavy atom. The van der Waals surface area contributed by atoms with Crippen LogP contribution < -0.4 is 0 Å². The highest BCUT2D eigenvalue weighted by Gasteiger charge is 2.07. The fourth-order valence-corrected chi connectivity index (χ4v) is 1.77. The maximum Gasteiger partial charge on any atom is 0.193 e. The van der Waals surface area contributed by atoms with Crippen LogP contribution in [0.4, 0.5) is 0 Å². The number of ketones is 1. The summed E-state index contributed by atoms with van der Waals surface area (Å²) in [5.41, 5.74) is 2.45. The molecule has 0 saturated heterocycles. The van der Waals surface area contributed by atoms with Crippen molar-refractivity contribution in [2.75, 3.05) is 5.88 Å². The second-order valence-electron chi connectivity index (χ2n) is 3.87. The smallest absolute Gasteiger partial charge is 0.193 e. The minimum Gasteiger partial charge on any atom is -0.289 e. The van der Waals surface area contributed by atoms with Gasteiger partial charge in [0, 0.05) is 17.0 Å². The molecule has 90 valence electrons. The van der Waals surface area contributed by atoms with Gasteiger partial charge in [0.15, 0.2) is 5.78 Å². The van der Waals surface area contributed by atoms with Gasteiger partial charge in [-0.3, -0.25) is 4.79 Å². The lowest BCUT2D eigenvalue weighted by Crippen LogP contribution is -2.00. The molecular formula is C16H13ClO. The zero-order valence-corrected chi connectivity index (χ0v) is 10.6. The van der Waals surface area contributed by atoms with Gasteiger partial charge in [-0.05, 0) is 5.56 Å². The van der Waals surface area contributed by atoms with E-state index in [0.29, 0.717) is 17.0 Å². The molecule has 0 spiro atoms. The number of hydrogen-bond acceptors (Lipinski definition) is 1. The summed E-state index contributed by atoms with van der Waals surface area (Å²) in [5.74, 6) is 0.536. The monoisotopic (exact) mass is 256 g/mol.